The first-order chi connectivity index (χ1) is 10.5. The number of nitrogens with zero attached hydrogens (tertiary/aromatic N) is 1. The smallest absolute Gasteiger partial charge is 0.313 e. The van der Waals surface area contributed by atoms with Gasteiger partial charge in [-0.2, -0.15) is 0 Å². The summed E-state index contributed by atoms with van der Waals surface area (Å²) in [6.07, 6.45) is 1.58. The second kappa shape index (κ2) is 7.27. The molecule has 0 saturated heterocycles. The lowest BCUT2D eigenvalue weighted by atomic mass is 10.2. The van der Waals surface area contributed by atoms with Crippen molar-refractivity contribution in [3.63, 3.8) is 0 Å². The lowest BCUT2D eigenvalue weighted by Crippen LogP contribution is -2.07. The lowest BCUT2D eigenvalue weighted by Gasteiger charge is -2.18. The van der Waals surface area contributed by atoms with Gasteiger partial charge in [-0.1, -0.05) is 62.3 Å². The standard InChI is InChI=1S/C18H19NO2S/c1-18(2,3)22-16-12-8-7-11-15(16)13-19-21-17(20)14-9-5-4-6-10-14/h4-13H,1-3H3/b19-13+. The Labute approximate surface area is 135 Å². The molecule has 0 aliphatic carbocycles. The van der Waals surface area contributed by atoms with Gasteiger partial charge in [0.25, 0.3) is 0 Å². The summed E-state index contributed by atoms with van der Waals surface area (Å²) in [4.78, 5) is 17.9. The van der Waals surface area contributed by atoms with E-state index in [0.717, 1.165) is 10.5 Å². The second-order valence-corrected chi connectivity index (χ2v) is 7.60. The molecule has 0 spiro atoms. The first kappa shape index (κ1) is 16.3. The van der Waals surface area contributed by atoms with Crippen LogP contribution in [-0.2, 0) is 4.84 Å². The van der Waals surface area contributed by atoms with E-state index in [9.17, 15) is 4.79 Å². The lowest BCUT2D eigenvalue weighted by molar-refractivity contribution is 0.0519. The number of hydrogen-bond acceptors (Lipinski definition) is 4. The second-order valence-electron chi connectivity index (χ2n) is 5.73. The van der Waals surface area contributed by atoms with Gasteiger partial charge in [-0.25, -0.2) is 4.79 Å². The Morgan fingerprint density at radius 1 is 1.05 bits per heavy atom. The van der Waals surface area contributed by atoms with Gasteiger partial charge >= 0.3 is 5.97 Å². The summed E-state index contributed by atoms with van der Waals surface area (Å²) in [5.41, 5.74) is 1.42. The van der Waals surface area contributed by atoms with Gasteiger partial charge < -0.3 is 4.84 Å². The van der Waals surface area contributed by atoms with Crippen molar-refractivity contribution in [1.29, 1.82) is 0 Å². The highest BCUT2D eigenvalue weighted by Gasteiger charge is 2.14. The third kappa shape index (κ3) is 5.04. The van der Waals surface area contributed by atoms with Gasteiger partial charge in [0.15, 0.2) is 0 Å². The summed E-state index contributed by atoms with van der Waals surface area (Å²) in [6, 6.07) is 16.7. The maximum atomic E-state index is 11.8. The molecule has 2 aromatic carbocycles. The zero-order valence-corrected chi connectivity index (χ0v) is 13.8. The molecule has 0 aromatic heterocycles. The van der Waals surface area contributed by atoms with Gasteiger partial charge in [-0.05, 0) is 18.2 Å². The molecule has 0 heterocycles. The molecule has 0 atom stereocenters. The summed E-state index contributed by atoms with van der Waals surface area (Å²) in [5.74, 6) is -0.460. The number of hydrogen-bond donors (Lipinski definition) is 0. The Morgan fingerprint density at radius 3 is 2.36 bits per heavy atom. The Morgan fingerprint density at radius 2 is 1.68 bits per heavy atom. The Kier molecular flexibility index (Phi) is 5.39. The van der Waals surface area contributed by atoms with Crippen LogP contribution < -0.4 is 0 Å². The third-order valence-electron chi connectivity index (χ3n) is 2.67. The fraction of sp³-hybridized carbons (Fsp3) is 0.222. The number of oxime groups is 1. The van der Waals surface area contributed by atoms with Crippen molar-refractivity contribution in [2.24, 2.45) is 5.16 Å². The fourth-order valence-corrected chi connectivity index (χ4v) is 2.81. The number of benzene rings is 2. The average molecular weight is 313 g/mol. The minimum Gasteiger partial charge on any atom is -0.313 e. The van der Waals surface area contributed by atoms with E-state index in [2.05, 4.69) is 25.9 Å². The van der Waals surface area contributed by atoms with Crippen LogP contribution in [-0.4, -0.2) is 16.9 Å². The van der Waals surface area contributed by atoms with Gasteiger partial charge in [0.05, 0.1) is 11.8 Å². The first-order valence-electron chi connectivity index (χ1n) is 7.03. The molecule has 0 fully saturated rings. The molecule has 2 rings (SSSR count). The molecule has 0 N–H and O–H groups in total. The average Bonchev–Trinajstić information content (AvgIpc) is 2.48. The zero-order chi connectivity index (χ0) is 16.0. The molecule has 0 aliphatic heterocycles. The van der Waals surface area contributed by atoms with E-state index < -0.39 is 5.97 Å². The van der Waals surface area contributed by atoms with E-state index in [1.165, 1.54) is 0 Å². The Balaban J connectivity index is 2.06. The molecule has 0 unspecified atom stereocenters. The predicted octanol–water partition coefficient (Wildman–Crippen LogP) is 4.77. The van der Waals surface area contributed by atoms with E-state index in [-0.39, 0.29) is 4.75 Å². The van der Waals surface area contributed by atoms with Crippen LogP contribution >= 0.6 is 11.8 Å². The van der Waals surface area contributed by atoms with E-state index in [4.69, 9.17) is 4.84 Å². The van der Waals surface area contributed by atoms with Crippen LogP contribution in [0.5, 0.6) is 0 Å². The Hall–Kier alpha value is -2.07. The highest BCUT2D eigenvalue weighted by atomic mass is 32.2. The van der Waals surface area contributed by atoms with Gasteiger partial charge in [-0.15, -0.1) is 11.8 Å². The molecule has 22 heavy (non-hydrogen) atoms. The number of rotatable bonds is 4. The molecule has 114 valence electrons. The topological polar surface area (TPSA) is 38.7 Å². The third-order valence-corrected chi connectivity index (χ3v) is 3.88. The molecule has 0 saturated carbocycles. The van der Waals surface area contributed by atoms with Crippen LogP contribution in [0.4, 0.5) is 0 Å². The van der Waals surface area contributed by atoms with Crippen LogP contribution in [0.15, 0.2) is 64.6 Å². The number of thioether (sulfide) groups is 1. The van der Waals surface area contributed by atoms with Crippen LogP contribution in [0, 0.1) is 0 Å². The molecule has 0 bridgehead atoms. The monoisotopic (exact) mass is 313 g/mol. The first-order valence-corrected chi connectivity index (χ1v) is 7.85. The zero-order valence-electron chi connectivity index (χ0n) is 12.9. The van der Waals surface area contributed by atoms with Crippen LogP contribution in [0.2, 0.25) is 0 Å². The van der Waals surface area contributed by atoms with Crippen molar-refractivity contribution in [1.82, 2.24) is 0 Å². The van der Waals surface area contributed by atoms with Gasteiger partial charge in [0.1, 0.15) is 0 Å². The van der Waals surface area contributed by atoms with Crippen molar-refractivity contribution in [3.05, 3.63) is 65.7 Å². The van der Waals surface area contributed by atoms with Crippen molar-refractivity contribution in [2.75, 3.05) is 0 Å². The molecule has 2 aromatic rings. The summed E-state index contributed by atoms with van der Waals surface area (Å²) < 4.78 is 0.102. The maximum Gasteiger partial charge on any atom is 0.365 e. The highest BCUT2D eigenvalue weighted by Crippen LogP contribution is 2.33. The van der Waals surface area contributed by atoms with E-state index in [0.29, 0.717) is 5.56 Å². The van der Waals surface area contributed by atoms with E-state index >= 15 is 0 Å². The van der Waals surface area contributed by atoms with Crippen molar-refractivity contribution >= 4 is 23.9 Å². The van der Waals surface area contributed by atoms with Gasteiger partial charge in [0.2, 0.25) is 0 Å². The fourth-order valence-electron chi connectivity index (χ4n) is 1.77. The summed E-state index contributed by atoms with van der Waals surface area (Å²) >= 11 is 1.75. The number of carbonyl (C=O) groups is 1. The van der Waals surface area contributed by atoms with Crippen LogP contribution in [0.3, 0.4) is 0 Å². The number of carbonyl (C=O) groups excluding carboxylic acids is 1. The van der Waals surface area contributed by atoms with Crippen LogP contribution in [0.1, 0.15) is 36.7 Å². The minimum atomic E-state index is -0.460. The summed E-state index contributed by atoms with van der Waals surface area (Å²) in [5, 5.41) is 3.82. The maximum absolute atomic E-state index is 11.8. The highest BCUT2D eigenvalue weighted by molar-refractivity contribution is 8.00. The van der Waals surface area contributed by atoms with Crippen molar-refractivity contribution in [2.45, 2.75) is 30.4 Å². The largest absolute Gasteiger partial charge is 0.365 e. The SMILES string of the molecule is CC(C)(C)Sc1ccccc1/C=N/OC(=O)c1ccccc1. The van der Waals surface area contributed by atoms with Crippen molar-refractivity contribution in [3.8, 4) is 0 Å². The van der Waals surface area contributed by atoms with E-state index in [1.807, 2.05) is 30.3 Å². The van der Waals surface area contributed by atoms with E-state index in [1.54, 1.807) is 42.2 Å². The normalized spacial score (nSPS) is 11.6. The van der Waals surface area contributed by atoms with Crippen LogP contribution in [0.25, 0.3) is 0 Å². The Bertz CT molecular complexity index is 660. The predicted molar refractivity (Wildman–Crippen MR) is 91.5 cm³/mol. The molecule has 4 heteroatoms. The molecular weight excluding hydrogens is 294 g/mol. The molecule has 0 radical (unpaired) electrons. The summed E-state index contributed by atoms with van der Waals surface area (Å²) in [7, 11) is 0. The minimum absolute atomic E-state index is 0.102. The van der Waals surface area contributed by atoms with Gasteiger partial charge in [0, 0.05) is 15.2 Å². The molecule has 0 aliphatic rings. The molecular formula is C18H19NO2S. The molecule has 0 amide bonds. The molecule has 3 nitrogen and oxygen atoms in total. The summed E-state index contributed by atoms with van der Waals surface area (Å²) in [6.45, 7) is 6.46. The van der Waals surface area contributed by atoms with Gasteiger partial charge in [-0.3, -0.25) is 0 Å². The van der Waals surface area contributed by atoms with Crippen molar-refractivity contribution < 1.29 is 9.63 Å². The quantitative estimate of drug-likeness (QED) is 0.353.